The molecule has 0 unspecified atom stereocenters. The van der Waals surface area contributed by atoms with Gasteiger partial charge in [0.2, 0.25) is 6.54 Å². The summed E-state index contributed by atoms with van der Waals surface area (Å²) in [6.45, 7) is 0.295. The molecule has 0 aliphatic heterocycles. The summed E-state index contributed by atoms with van der Waals surface area (Å²) in [5.74, 6) is -0.0662. The van der Waals surface area contributed by atoms with E-state index in [1.807, 2.05) is 35.2 Å². The van der Waals surface area contributed by atoms with Crippen molar-refractivity contribution >= 4 is 23.2 Å². The Balaban J connectivity index is 0.00000162. The van der Waals surface area contributed by atoms with E-state index in [2.05, 4.69) is 5.32 Å². The van der Waals surface area contributed by atoms with Gasteiger partial charge in [0.15, 0.2) is 12.4 Å². The molecule has 0 saturated carbocycles. The van der Waals surface area contributed by atoms with Gasteiger partial charge < -0.3 is 17.7 Å². The molecule has 1 aromatic carbocycles. The highest BCUT2D eigenvalue weighted by Gasteiger charge is 2.08. The summed E-state index contributed by atoms with van der Waals surface area (Å²) in [4.78, 5) is 11.7. The summed E-state index contributed by atoms with van der Waals surface area (Å²) >= 11 is 5.76. The molecule has 0 aliphatic rings. The van der Waals surface area contributed by atoms with Gasteiger partial charge in [-0.1, -0.05) is 17.7 Å². The van der Waals surface area contributed by atoms with E-state index in [9.17, 15) is 4.79 Å². The van der Waals surface area contributed by atoms with Gasteiger partial charge in [0, 0.05) is 22.8 Å². The summed E-state index contributed by atoms with van der Waals surface area (Å²) in [5.41, 5.74) is 0.746. The number of pyridine rings is 1. The van der Waals surface area contributed by atoms with E-state index in [0.717, 1.165) is 5.69 Å². The summed E-state index contributed by atoms with van der Waals surface area (Å²) in [7, 11) is 0. The van der Waals surface area contributed by atoms with Crippen LogP contribution in [0.5, 0.6) is 0 Å². The van der Waals surface area contributed by atoms with Gasteiger partial charge in [-0.15, -0.1) is 0 Å². The second-order valence-electron chi connectivity index (χ2n) is 3.60. The summed E-state index contributed by atoms with van der Waals surface area (Å²) < 4.78 is 1.81. The van der Waals surface area contributed by atoms with Crippen LogP contribution >= 0.6 is 11.6 Å². The van der Waals surface area contributed by atoms with Gasteiger partial charge in [0.05, 0.1) is 0 Å². The highest BCUT2D eigenvalue weighted by atomic mass is 35.5. The Morgan fingerprint density at radius 3 is 2.33 bits per heavy atom. The van der Waals surface area contributed by atoms with Crippen molar-refractivity contribution in [2.75, 3.05) is 5.32 Å². The molecule has 2 aromatic rings. The van der Waals surface area contributed by atoms with Gasteiger partial charge in [0.25, 0.3) is 5.91 Å². The van der Waals surface area contributed by atoms with Gasteiger partial charge in [-0.25, -0.2) is 0 Å². The molecule has 0 aliphatic carbocycles. The number of halogens is 2. The molecule has 1 aromatic heterocycles. The molecular formula is C13H12Cl2N2O. The number of hydrogen-bond donors (Lipinski definition) is 1. The smallest absolute Gasteiger partial charge is 0.290 e. The molecule has 0 atom stereocenters. The molecule has 0 saturated heterocycles. The predicted molar refractivity (Wildman–Crippen MR) is 66.7 cm³/mol. The van der Waals surface area contributed by atoms with E-state index >= 15 is 0 Å². The topological polar surface area (TPSA) is 33.0 Å². The summed E-state index contributed by atoms with van der Waals surface area (Å²) in [5, 5.41) is 3.45. The van der Waals surface area contributed by atoms with Gasteiger partial charge >= 0.3 is 0 Å². The quantitative estimate of drug-likeness (QED) is 0.740. The van der Waals surface area contributed by atoms with Gasteiger partial charge in [-0.2, -0.15) is 4.57 Å². The number of carbonyl (C=O) groups excluding carboxylic acids is 1. The minimum absolute atomic E-state index is 0. The normalized spacial score (nSPS) is 9.39. The van der Waals surface area contributed by atoms with Gasteiger partial charge in [-0.3, -0.25) is 4.79 Å². The molecule has 1 amide bonds. The van der Waals surface area contributed by atoms with Crippen LogP contribution in [0.4, 0.5) is 5.69 Å². The number of nitrogens with zero attached hydrogens (tertiary/aromatic N) is 1. The number of amides is 1. The van der Waals surface area contributed by atoms with E-state index in [0.29, 0.717) is 11.6 Å². The first kappa shape index (κ1) is 14.5. The highest BCUT2D eigenvalue weighted by Crippen LogP contribution is 2.12. The number of carbonyl (C=O) groups is 1. The Morgan fingerprint density at radius 1 is 1.11 bits per heavy atom. The fourth-order valence-corrected chi connectivity index (χ4v) is 1.57. The average molecular weight is 283 g/mol. The lowest BCUT2D eigenvalue weighted by molar-refractivity contribution is -0.684. The Hall–Kier alpha value is -1.58. The van der Waals surface area contributed by atoms with Crippen LogP contribution in [0.1, 0.15) is 0 Å². The fraction of sp³-hybridized carbons (Fsp3) is 0.0769. The van der Waals surface area contributed by atoms with Crippen molar-refractivity contribution in [2.24, 2.45) is 0 Å². The Labute approximate surface area is 117 Å². The van der Waals surface area contributed by atoms with Crippen LogP contribution in [0.25, 0.3) is 0 Å². The molecule has 0 radical (unpaired) electrons. The highest BCUT2D eigenvalue weighted by molar-refractivity contribution is 6.30. The maximum atomic E-state index is 11.7. The molecular weight excluding hydrogens is 271 g/mol. The minimum Gasteiger partial charge on any atom is -1.00 e. The van der Waals surface area contributed by atoms with Crippen molar-refractivity contribution in [3.05, 3.63) is 59.9 Å². The first-order valence-electron chi connectivity index (χ1n) is 5.23. The second-order valence-corrected chi connectivity index (χ2v) is 4.04. The van der Waals surface area contributed by atoms with E-state index < -0.39 is 0 Å². The molecule has 18 heavy (non-hydrogen) atoms. The molecule has 0 fully saturated rings. The molecule has 94 valence electrons. The fourth-order valence-electron chi connectivity index (χ4n) is 1.44. The third-order valence-electron chi connectivity index (χ3n) is 2.23. The Kier molecular flexibility index (Phi) is 5.62. The van der Waals surface area contributed by atoms with Crippen molar-refractivity contribution in [3.63, 3.8) is 0 Å². The number of nitrogens with one attached hydrogen (secondary N) is 1. The zero-order chi connectivity index (χ0) is 12.1. The number of anilines is 1. The third kappa shape index (κ3) is 4.35. The van der Waals surface area contributed by atoms with Gasteiger partial charge in [-0.05, 0) is 24.3 Å². The maximum Gasteiger partial charge on any atom is 0.290 e. The van der Waals surface area contributed by atoms with Crippen molar-refractivity contribution < 1.29 is 21.8 Å². The molecule has 0 bridgehead atoms. The van der Waals surface area contributed by atoms with E-state index in [1.54, 1.807) is 24.3 Å². The van der Waals surface area contributed by atoms with Crippen molar-refractivity contribution in [3.8, 4) is 0 Å². The molecule has 1 heterocycles. The number of benzene rings is 1. The minimum atomic E-state index is -0.0662. The summed E-state index contributed by atoms with van der Waals surface area (Å²) in [6, 6.07) is 12.7. The summed E-state index contributed by atoms with van der Waals surface area (Å²) in [6.07, 6.45) is 3.70. The second kappa shape index (κ2) is 6.99. The average Bonchev–Trinajstić information content (AvgIpc) is 2.33. The van der Waals surface area contributed by atoms with Crippen molar-refractivity contribution in [1.82, 2.24) is 0 Å². The van der Waals surface area contributed by atoms with E-state index in [4.69, 9.17) is 11.6 Å². The first-order valence-corrected chi connectivity index (χ1v) is 5.61. The molecule has 5 heteroatoms. The molecule has 3 nitrogen and oxygen atoms in total. The van der Waals surface area contributed by atoms with Crippen LogP contribution < -0.4 is 22.3 Å². The van der Waals surface area contributed by atoms with Crippen molar-refractivity contribution in [2.45, 2.75) is 6.54 Å². The largest absolute Gasteiger partial charge is 1.00 e. The predicted octanol–water partition coefficient (Wildman–Crippen LogP) is -0.730. The molecule has 2 rings (SSSR count). The number of aromatic nitrogens is 1. The Morgan fingerprint density at radius 2 is 1.72 bits per heavy atom. The van der Waals surface area contributed by atoms with Crippen LogP contribution in [0.2, 0.25) is 5.02 Å². The Bertz CT molecular complexity index is 500. The van der Waals surface area contributed by atoms with Crippen LogP contribution in [0, 0.1) is 0 Å². The lowest BCUT2D eigenvalue weighted by atomic mass is 10.3. The van der Waals surface area contributed by atoms with E-state index in [1.165, 1.54) is 0 Å². The number of rotatable bonds is 3. The number of hydrogen-bond acceptors (Lipinski definition) is 1. The van der Waals surface area contributed by atoms with E-state index in [-0.39, 0.29) is 18.3 Å². The maximum absolute atomic E-state index is 11.7. The zero-order valence-electron chi connectivity index (χ0n) is 9.51. The van der Waals surface area contributed by atoms with Crippen molar-refractivity contribution in [1.29, 1.82) is 0 Å². The van der Waals surface area contributed by atoms with Crippen LogP contribution in [-0.2, 0) is 11.3 Å². The lowest BCUT2D eigenvalue weighted by Crippen LogP contribution is -3.00. The molecule has 1 N–H and O–H groups in total. The SMILES string of the molecule is O=C(C[n+]1ccccc1)Nc1ccc(Cl)cc1.[Cl-]. The van der Waals surface area contributed by atoms with Crippen LogP contribution in [0.3, 0.4) is 0 Å². The van der Waals surface area contributed by atoms with Crippen LogP contribution in [-0.4, -0.2) is 5.91 Å². The standard InChI is InChI=1S/C13H11ClN2O.ClH/c14-11-4-6-12(7-5-11)15-13(17)10-16-8-2-1-3-9-16;/h1-9H,10H2;1H. The third-order valence-corrected chi connectivity index (χ3v) is 2.48. The zero-order valence-corrected chi connectivity index (χ0v) is 11.0. The molecule has 0 spiro atoms. The van der Waals surface area contributed by atoms with Gasteiger partial charge in [0.1, 0.15) is 0 Å². The monoisotopic (exact) mass is 282 g/mol. The van der Waals surface area contributed by atoms with Crippen LogP contribution in [0.15, 0.2) is 54.9 Å². The lowest BCUT2D eigenvalue weighted by Gasteiger charge is -2.02. The first-order chi connectivity index (χ1) is 8.24.